The van der Waals surface area contributed by atoms with Crippen molar-refractivity contribution in [3.8, 4) is 11.5 Å². The number of carbonyl (C=O) groups is 1. The average Bonchev–Trinajstić information content (AvgIpc) is 2.61. The molecule has 1 aromatic rings. The van der Waals surface area contributed by atoms with E-state index in [1.54, 1.807) is 12.1 Å². The molecule has 1 unspecified atom stereocenters. The maximum Gasteiger partial charge on any atom is 0.303 e. The van der Waals surface area contributed by atoms with Gasteiger partial charge in [-0.1, -0.05) is 0 Å². The predicted octanol–water partition coefficient (Wildman–Crippen LogP) is 2.51. The van der Waals surface area contributed by atoms with Gasteiger partial charge in [-0.15, -0.1) is 0 Å². The van der Waals surface area contributed by atoms with Crippen molar-refractivity contribution < 1.29 is 24.5 Å². The maximum atomic E-state index is 10.5. The first-order valence-corrected chi connectivity index (χ1v) is 6.86. The van der Waals surface area contributed by atoms with Gasteiger partial charge in [-0.05, 0) is 40.0 Å². The molecule has 0 fully saturated rings. The Labute approximate surface area is 119 Å². The van der Waals surface area contributed by atoms with Crippen LogP contribution >= 0.6 is 15.9 Å². The molecule has 1 heterocycles. The van der Waals surface area contributed by atoms with Gasteiger partial charge in [-0.25, -0.2) is 0 Å². The van der Waals surface area contributed by atoms with Crippen LogP contribution in [-0.2, 0) is 4.79 Å². The maximum absolute atomic E-state index is 10.5. The molecule has 0 bridgehead atoms. The van der Waals surface area contributed by atoms with Crippen molar-refractivity contribution in [3.63, 3.8) is 0 Å². The molecule has 1 aliphatic rings. The van der Waals surface area contributed by atoms with Crippen molar-refractivity contribution in [2.75, 3.05) is 13.2 Å². The molecule has 0 saturated heterocycles. The number of aliphatic carboxylic acids is 1. The fraction of sp³-hybridized carbons (Fsp3) is 0.462. The number of hydrogen-bond donors (Lipinski definition) is 2. The molecule has 1 aliphatic heterocycles. The largest absolute Gasteiger partial charge is 0.490 e. The number of fused-ring (bicyclic) bond motifs is 1. The molecule has 2 rings (SSSR count). The van der Waals surface area contributed by atoms with Gasteiger partial charge >= 0.3 is 5.97 Å². The van der Waals surface area contributed by atoms with Crippen LogP contribution in [-0.4, -0.2) is 29.4 Å². The Morgan fingerprint density at radius 1 is 1.37 bits per heavy atom. The number of carboxylic acid groups (broad SMARTS) is 1. The zero-order valence-electron chi connectivity index (χ0n) is 10.3. The second-order valence-corrected chi connectivity index (χ2v) is 5.18. The minimum absolute atomic E-state index is 0.0762. The minimum Gasteiger partial charge on any atom is -0.490 e. The number of benzene rings is 1. The monoisotopic (exact) mass is 330 g/mol. The molecule has 2 N–H and O–H groups in total. The number of carboxylic acids is 1. The Morgan fingerprint density at radius 3 is 2.84 bits per heavy atom. The van der Waals surface area contributed by atoms with E-state index in [0.717, 1.165) is 6.42 Å². The fourth-order valence-corrected chi connectivity index (χ4v) is 2.44. The number of rotatable bonds is 4. The molecule has 0 radical (unpaired) electrons. The SMILES string of the molecule is O=C(O)CCC(O)c1cc(Br)c2c(c1)OCCCO2. The van der Waals surface area contributed by atoms with E-state index in [1.165, 1.54) is 0 Å². The van der Waals surface area contributed by atoms with Gasteiger partial charge in [0.2, 0.25) is 0 Å². The van der Waals surface area contributed by atoms with Crippen LogP contribution in [0.1, 0.15) is 30.9 Å². The lowest BCUT2D eigenvalue weighted by atomic mass is 10.0. The second kappa shape index (κ2) is 6.25. The van der Waals surface area contributed by atoms with Crippen LogP contribution in [0.2, 0.25) is 0 Å². The smallest absolute Gasteiger partial charge is 0.303 e. The van der Waals surface area contributed by atoms with Crippen LogP contribution in [0.5, 0.6) is 11.5 Å². The first-order chi connectivity index (χ1) is 9.08. The highest BCUT2D eigenvalue weighted by molar-refractivity contribution is 9.10. The van der Waals surface area contributed by atoms with Gasteiger partial charge in [0, 0.05) is 12.8 Å². The van der Waals surface area contributed by atoms with E-state index in [9.17, 15) is 9.90 Å². The van der Waals surface area contributed by atoms with Crippen LogP contribution in [0.25, 0.3) is 0 Å². The molecule has 0 saturated carbocycles. The third-order valence-electron chi connectivity index (χ3n) is 2.84. The third-order valence-corrected chi connectivity index (χ3v) is 3.43. The van der Waals surface area contributed by atoms with Crippen molar-refractivity contribution in [2.45, 2.75) is 25.4 Å². The van der Waals surface area contributed by atoms with E-state index < -0.39 is 12.1 Å². The number of halogens is 1. The molecule has 104 valence electrons. The van der Waals surface area contributed by atoms with E-state index in [-0.39, 0.29) is 12.8 Å². The van der Waals surface area contributed by atoms with Crippen LogP contribution < -0.4 is 9.47 Å². The highest BCUT2D eigenvalue weighted by Gasteiger charge is 2.18. The summed E-state index contributed by atoms with van der Waals surface area (Å²) in [5.41, 5.74) is 0.623. The number of ether oxygens (including phenoxy) is 2. The Morgan fingerprint density at radius 2 is 2.11 bits per heavy atom. The minimum atomic E-state index is -0.924. The van der Waals surface area contributed by atoms with Crippen molar-refractivity contribution in [1.82, 2.24) is 0 Å². The molecule has 1 atom stereocenters. The standard InChI is InChI=1S/C13H15BrO5/c14-9-6-8(10(15)2-3-12(16)17)7-11-13(9)19-5-1-4-18-11/h6-7,10,15H,1-5H2,(H,16,17). The van der Waals surface area contributed by atoms with Crippen molar-refractivity contribution in [3.05, 3.63) is 22.2 Å². The molecule has 5 nitrogen and oxygen atoms in total. The summed E-state index contributed by atoms with van der Waals surface area (Å²) in [6.07, 6.45) is 0.0664. The summed E-state index contributed by atoms with van der Waals surface area (Å²) in [6, 6.07) is 3.44. The summed E-state index contributed by atoms with van der Waals surface area (Å²) in [4.78, 5) is 10.5. The molecule has 6 heteroatoms. The van der Waals surface area contributed by atoms with E-state index in [2.05, 4.69) is 15.9 Å². The number of aliphatic hydroxyl groups is 1. The van der Waals surface area contributed by atoms with Crippen molar-refractivity contribution in [2.24, 2.45) is 0 Å². The zero-order valence-corrected chi connectivity index (χ0v) is 11.9. The van der Waals surface area contributed by atoms with Gasteiger partial charge in [0.1, 0.15) is 0 Å². The van der Waals surface area contributed by atoms with Gasteiger partial charge in [0.05, 0.1) is 23.8 Å². The third kappa shape index (κ3) is 3.61. The molecular formula is C13H15BrO5. The summed E-state index contributed by atoms with van der Waals surface area (Å²) >= 11 is 3.38. The summed E-state index contributed by atoms with van der Waals surface area (Å²) in [5.74, 6) is 0.287. The van der Waals surface area contributed by atoms with E-state index in [1.807, 2.05) is 0 Å². The molecule has 0 spiro atoms. The second-order valence-electron chi connectivity index (χ2n) is 4.33. The zero-order chi connectivity index (χ0) is 13.8. The van der Waals surface area contributed by atoms with Gasteiger partial charge in [0.25, 0.3) is 0 Å². The molecule has 19 heavy (non-hydrogen) atoms. The predicted molar refractivity (Wildman–Crippen MR) is 71.6 cm³/mol. The quantitative estimate of drug-likeness (QED) is 0.887. The summed E-state index contributed by atoms with van der Waals surface area (Å²) < 4.78 is 11.8. The van der Waals surface area contributed by atoms with E-state index in [0.29, 0.717) is 34.7 Å². The Hall–Kier alpha value is -1.27. The molecule has 0 amide bonds. The van der Waals surface area contributed by atoms with E-state index in [4.69, 9.17) is 14.6 Å². The summed E-state index contributed by atoms with van der Waals surface area (Å²) in [6.45, 7) is 1.15. The van der Waals surface area contributed by atoms with Crippen molar-refractivity contribution >= 4 is 21.9 Å². The first-order valence-electron chi connectivity index (χ1n) is 6.07. The summed E-state index contributed by atoms with van der Waals surface area (Å²) in [7, 11) is 0. The van der Waals surface area contributed by atoms with Gasteiger partial charge in [-0.3, -0.25) is 4.79 Å². The van der Waals surface area contributed by atoms with Crippen LogP contribution in [0.3, 0.4) is 0 Å². The lowest BCUT2D eigenvalue weighted by molar-refractivity contribution is -0.137. The lowest BCUT2D eigenvalue weighted by Crippen LogP contribution is -2.03. The first kappa shape index (κ1) is 14.1. The van der Waals surface area contributed by atoms with E-state index >= 15 is 0 Å². The topological polar surface area (TPSA) is 76.0 Å². The highest BCUT2D eigenvalue weighted by atomic mass is 79.9. The molecular weight excluding hydrogens is 316 g/mol. The fourth-order valence-electron chi connectivity index (χ4n) is 1.87. The average molecular weight is 331 g/mol. The Kier molecular flexibility index (Phi) is 4.66. The van der Waals surface area contributed by atoms with Gasteiger partial charge < -0.3 is 19.7 Å². The summed E-state index contributed by atoms with van der Waals surface area (Å²) in [5, 5.41) is 18.6. The lowest BCUT2D eigenvalue weighted by Gasteiger charge is -2.15. The van der Waals surface area contributed by atoms with Crippen LogP contribution in [0, 0.1) is 0 Å². The van der Waals surface area contributed by atoms with Gasteiger partial charge in [0.15, 0.2) is 11.5 Å². The number of hydrogen-bond acceptors (Lipinski definition) is 4. The highest BCUT2D eigenvalue weighted by Crippen LogP contribution is 2.40. The normalized spacial score (nSPS) is 15.7. The number of aliphatic hydroxyl groups excluding tert-OH is 1. The van der Waals surface area contributed by atoms with Crippen molar-refractivity contribution in [1.29, 1.82) is 0 Å². The Bertz CT molecular complexity index is 474. The molecule has 0 aromatic heterocycles. The van der Waals surface area contributed by atoms with Crippen LogP contribution in [0.4, 0.5) is 0 Å². The molecule has 0 aliphatic carbocycles. The van der Waals surface area contributed by atoms with Crippen LogP contribution in [0.15, 0.2) is 16.6 Å². The molecule has 1 aromatic carbocycles. The Balaban J connectivity index is 2.20. The van der Waals surface area contributed by atoms with Gasteiger partial charge in [-0.2, -0.15) is 0 Å².